The van der Waals surface area contributed by atoms with Gasteiger partial charge in [0.25, 0.3) is 0 Å². The maximum Gasteiger partial charge on any atom is 0.236 e. The van der Waals surface area contributed by atoms with Crippen molar-refractivity contribution < 1.29 is 4.74 Å². The van der Waals surface area contributed by atoms with Crippen LogP contribution >= 0.6 is 0 Å². The zero-order valence-electron chi connectivity index (χ0n) is 9.00. The van der Waals surface area contributed by atoms with Gasteiger partial charge in [0, 0.05) is 30.3 Å². The van der Waals surface area contributed by atoms with E-state index in [1.54, 1.807) is 7.11 Å². The Labute approximate surface area is 84.0 Å². The summed E-state index contributed by atoms with van der Waals surface area (Å²) in [5.74, 6) is 0.743. The van der Waals surface area contributed by atoms with E-state index >= 15 is 0 Å². The van der Waals surface area contributed by atoms with E-state index in [2.05, 4.69) is 12.0 Å². The van der Waals surface area contributed by atoms with Crippen molar-refractivity contribution in [3.63, 3.8) is 0 Å². The van der Waals surface area contributed by atoms with Crippen LogP contribution in [0.3, 0.4) is 0 Å². The summed E-state index contributed by atoms with van der Waals surface area (Å²) < 4.78 is 7.15. The standard InChI is InChI=1S/C10H17N3O/c1-7-8(10(6-11)4-5-10)9(14-3)12-13(7)2/h4-6,11H2,1-3H3. The Kier molecular flexibility index (Phi) is 2.03. The number of nitrogens with zero attached hydrogens (tertiary/aromatic N) is 2. The molecule has 4 heteroatoms. The van der Waals surface area contributed by atoms with Gasteiger partial charge in [-0.15, -0.1) is 5.10 Å². The van der Waals surface area contributed by atoms with Crippen LogP contribution in [0.25, 0.3) is 0 Å². The smallest absolute Gasteiger partial charge is 0.236 e. The second kappa shape index (κ2) is 2.98. The Hall–Kier alpha value is -1.03. The molecule has 2 N–H and O–H groups in total. The molecule has 1 aliphatic carbocycles. The van der Waals surface area contributed by atoms with E-state index < -0.39 is 0 Å². The van der Waals surface area contributed by atoms with Crippen molar-refractivity contribution in [1.82, 2.24) is 9.78 Å². The van der Waals surface area contributed by atoms with Crippen LogP contribution in [0.5, 0.6) is 5.88 Å². The van der Waals surface area contributed by atoms with Gasteiger partial charge in [0.1, 0.15) is 0 Å². The first-order chi connectivity index (χ1) is 6.64. The molecule has 0 saturated heterocycles. The van der Waals surface area contributed by atoms with Crippen molar-refractivity contribution in [2.45, 2.75) is 25.2 Å². The van der Waals surface area contributed by atoms with E-state index in [1.807, 2.05) is 11.7 Å². The Bertz CT molecular complexity index is 352. The molecule has 2 rings (SSSR count). The summed E-state index contributed by atoms with van der Waals surface area (Å²) >= 11 is 0. The number of ether oxygens (including phenoxy) is 1. The van der Waals surface area contributed by atoms with Crippen molar-refractivity contribution in [2.24, 2.45) is 12.8 Å². The Morgan fingerprint density at radius 3 is 2.64 bits per heavy atom. The van der Waals surface area contributed by atoms with Gasteiger partial charge in [0.05, 0.1) is 7.11 Å². The molecule has 1 aliphatic rings. The minimum atomic E-state index is 0.156. The van der Waals surface area contributed by atoms with Gasteiger partial charge in [-0.05, 0) is 19.8 Å². The molecule has 0 radical (unpaired) electrons. The van der Waals surface area contributed by atoms with Gasteiger partial charge in [-0.3, -0.25) is 4.68 Å². The third kappa shape index (κ3) is 1.14. The molecule has 1 aromatic heterocycles. The normalized spacial score (nSPS) is 18.3. The average molecular weight is 195 g/mol. The summed E-state index contributed by atoms with van der Waals surface area (Å²) in [5.41, 5.74) is 8.35. The molecular weight excluding hydrogens is 178 g/mol. The van der Waals surface area contributed by atoms with Crippen molar-refractivity contribution >= 4 is 0 Å². The number of nitrogens with two attached hydrogens (primary N) is 1. The topological polar surface area (TPSA) is 53.1 Å². The molecule has 1 aromatic rings. The highest BCUT2D eigenvalue weighted by atomic mass is 16.5. The van der Waals surface area contributed by atoms with Crippen molar-refractivity contribution in [1.29, 1.82) is 0 Å². The molecule has 0 bridgehead atoms. The third-order valence-electron chi connectivity index (χ3n) is 3.27. The van der Waals surface area contributed by atoms with Crippen LogP contribution < -0.4 is 10.5 Å². The van der Waals surface area contributed by atoms with Crippen LogP contribution in [0.2, 0.25) is 0 Å². The zero-order valence-corrected chi connectivity index (χ0v) is 9.00. The largest absolute Gasteiger partial charge is 0.480 e. The summed E-state index contributed by atoms with van der Waals surface area (Å²) in [7, 11) is 3.60. The van der Waals surface area contributed by atoms with Crippen molar-refractivity contribution in [3.05, 3.63) is 11.3 Å². The molecule has 4 nitrogen and oxygen atoms in total. The van der Waals surface area contributed by atoms with Crippen LogP contribution in [0.1, 0.15) is 24.1 Å². The molecule has 1 fully saturated rings. The van der Waals surface area contributed by atoms with Gasteiger partial charge in [0.2, 0.25) is 5.88 Å². The zero-order chi connectivity index (χ0) is 10.3. The van der Waals surface area contributed by atoms with Gasteiger partial charge < -0.3 is 10.5 Å². The lowest BCUT2D eigenvalue weighted by Gasteiger charge is -2.12. The van der Waals surface area contributed by atoms with Crippen LogP contribution in [0.15, 0.2) is 0 Å². The SMILES string of the molecule is COc1nn(C)c(C)c1C1(CN)CC1. The van der Waals surface area contributed by atoms with Gasteiger partial charge in [-0.1, -0.05) is 0 Å². The van der Waals surface area contributed by atoms with E-state index in [-0.39, 0.29) is 5.41 Å². The van der Waals surface area contributed by atoms with E-state index in [1.165, 1.54) is 11.3 Å². The van der Waals surface area contributed by atoms with Crippen LogP contribution in [-0.4, -0.2) is 23.4 Å². The maximum atomic E-state index is 5.81. The van der Waals surface area contributed by atoms with E-state index in [4.69, 9.17) is 10.5 Å². The molecular formula is C10H17N3O. The highest BCUT2D eigenvalue weighted by molar-refractivity contribution is 5.42. The van der Waals surface area contributed by atoms with Crippen molar-refractivity contribution in [2.75, 3.05) is 13.7 Å². The summed E-state index contributed by atoms with van der Waals surface area (Å²) in [6.45, 7) is 2.76. The second-order valence-electron chi connectivity index (χ2n) is 4.08. The fraction of sp³-hybridized carbons (Fsp3) is 0.700. The molecule has 0 spiro atoms. The van der Waals surface area contributed by atoms with E-state index in [9.17, 15) is 0 Å². The fourth-order valence-corrected chi connectivity index (χ4v) is 2.04. The highest BCUT2D eigenvalue weighted by Crippen LogP contribution is 2.51. The van der Waals surface area contributed by atoms with E-state index in [0.717, 1.165) is 18.7 Å². The monoisotopic (exact) mass is 195 g/mol. The summed E-state index contributed by atoms with van der Waals surface area (Å²) in [6, 6.07) is 0. The molecule has 1 saturated carbocycles. The predicted octanol–water partition coefficient (Wildman–Crippen LogP) is 0.727. The second-order valence-corrected chi connectivity index (χ2v) is 4.08. The Morgan fingerprint density at radius 2 is 2.21 bits per heavy atom. The van der Waals surface area contributed by atoms with Gasteiger partial charge in [-0.2, -0.15) is 0 Å². The number of hydrogen-bond donors (Lipinski definition) is 1. The maximum absolute atomic E-state index is 5.81. The highest BCUT2D eigenvalue weighted by Gasteiger charge is 2.47. The average Bonchev–Trinajstić information content (AvgIpc) is 2.92. The lowest BCUT2D eigenvalue weighted by Crippen LogP contribution is -2.21. The first-order valence-electron chi connectivity index (χ1n) is 4.93. The van der Waals surface area contributed by atoms with Gasteiger partial charge in [0.15, 0.2) is 0 Å². The summed E-state index contributed by atoms with van der Waals surface area (Å²) in [4.78, 5) is 0. The minimum Gasteiger partial charge on any atom is -0.480 e. The first-order valence-corrected chi connectivity index (χ1v) is 4.93. The fourth-order valence-electron chi connectivity index (χ4n) is 2.04. The lowest BCUT2D eigenvalue weighted by atomic mass is 9.96. The molecule has 0 atom stereocenters. The van der Waals surface area contributed by atoms with Crippen LogP contribution in [-0.2, 0) is 12.5 Å². The molecule has 78 valence electrons. The summed E-state index contributed by atoms with van der Waals surface area (Å²) in [5, 5.41) is 4.32. The van der Waals surface area contributed by atoms with Gasteiger partial charge >= 0.3 is 0 Å². The number of aromatic nitrogens is 2. The van der Waals surface area contributed by atoms with Crippen molar-refractivity contribution in [3.8, 4) is 5.88 Å². The van der Waals surface area contributed by atoms with E-state index in [0.29, 0.717) is 6.54 Å². The number of hydrogen-bond acceptors (Lipinski definition) is 3. The predicted molar refractivity (Wildman–Crippen MR) is 54.5 cm³/mol. The molecule has 14 heavy (non-hydrogen) atoms. The molecule has 1 heterocycles. The lowest BCUT2D eigenvalue weighted by molar-refractivity contribution is 0.383. The third-order valence-corrected chi connectivity index (χ3v) is 3.27. The number of aryl methyl sites for hydroxylation is 1. The Morgan fingerprint density at radius 1 is 1.57 bits per heavy atom. The first kappa shape index (κ1) is 9.52. The quantitative estimate of drug-likeness (QED) is 0.773. The molecule has 0 aromatic carbocycles. The van der Waals surface area contributed by atoms with Gasteiger partial charge in [-0.25, -0.2) is 0 Å². The minimum absolute atomic E-state index is 0.156. The molecule has 0 aliphatic heterocycles. The van der Waals surface area contributed by atoms with Crippen LogP contribution in [0.4, 0.5) is 0 Å². The Balaban J connectivity index is 2.50. The number of rotatable bonds is 3. The molecule has 0 unspecified atom stereocenters. The molecule has 0 amide bonds. The van der Waals surface area contributed by atoms with Crippen LogP contribution in [0, 0.1) is 6.92 Å². The summed E-state index contributed by atoms with van der Waals surface area (Å²) in [6.07, 6.45) is 2.32. The number of methoxy groups -OCH3 is 1.